The topological polar surface area (TPSA) is 73.2 Å². The maximum Gasteiger partial charge on any atom is 0.335 e. The van der Waals surface area contributed by atoms with E-state index in [2.05, 4.69) is 5.32 Å². The van der Waals surface area contributed by atoms with E-state index in [0.717, 1.165) is 11.3 Å². The van der Waals surface area contributed by atoms with Crippen molar-refractivity contribution in [3.8, 4) is 0 Å². The van der Waals surface area contributed by atoms with Crippen molar-refractivity contribution < 1.29 is 9.90 Å². The van der Waals surface area contributed by atoms with Crippen LogP contribution in [0.4, 0.5) is 5.69 Å². The van der Waals surface area contributed by atoms with Gasteiger partial charge in [0.15, 0.2) is 0 Å². The molecular formula is C20H23ClN2O2. The molecule has 0 heterocycles. The third kappa shape index (κ3) is 5.07. The molecule has 132 valence electrons. The summed E-state index contributed by atoms with van der Waals surface area (Å²) in [6.45, 7) is 6.04. The van der Waals surface area contributed by atoms with Crippen molar-refractivity contribution >= 4 is 29.0 Å². The molecule has 0 radical (unpaired) electrons. The highest BCUT2D eigenvalue weighted by molar-refractivity contribution is 6.31. The zero-order chi connectivity index (χ0) is 18.6. The van der Waals surface area contributed by atoms with Crippen molar-refractivity contribution in [3.63, 3.8) is 0 Å². The van der Waals surface area contributed by atoms with Crippen LogP contribution in [0.3, 0.4) is 0 Å². The Balaban J connectivity index is 2.30. The third-order valence-corrected chi connectivity index (χ3v) is 4.41. The van der Waals surface area contributed by atoms with E-state index in [1.54, 1.807) is 24.3 Å². The first-order chi connectivity index (χ1) is 11.7. The molecule has 0 saturated carbocycles. The summed E-state index contributed by atoms with van der Waals surface area (Å²) < 4.78 is 0. The van der Waals surface area contributed by atoms with Gasteiger partial charge >= 0.3 is 5.97 Å². The Morgan fingerprint density at radius 2 is 1.76 bits per heavy atom. The number of rotatable bonds is 6. The van der Waals surface area contributed by atoms with Gasteiger partial charge in [-0.2, -0.15) is 0 Å². The number of carboxylic acid groups (broad SMARTS) is 1. The van der Waals surface area contributed by atoms with Crippen molar-refractivity contribution in [2.75, 3.05) is 5.32 Å². The normalized spacial score (nSPS) is 12.5. The average Bonchev–Trinajstić information content (AvgIpc) is 2.54. The molecule has 0 amide bonds. The minimum Gasteiger partial charge on any atom is -0.478 e. The molecule has 1 unspecified atom stereocenters. The van der Waals surface area contributed by atoms with Gasteiger partial charge in [0.2, 0.25) is 0 Å². The lowest BCUT2D eigenvalue weighted by atomic mass is 9.85. The number of aromatic carboxylic acids is 1. The van der Waals surface area contributed by atoms with E-state index < -0.39 is 5.97 Å². The molecule has 4 nitrogen and oxygen atoms in total. The predicted molar refractivity (Wildman–Crippen MR) is 103 cm³/mol. The fraction of sp³-hybridized carbons (Fsp3) is 0.300. The smallest absolute Gasteiger partial charge is 0.335 e. The molecule has 0 bridgehead atoms. The number of anilines is 1. The SMILES string of the molecule is CC(C)(C)C(=N)CC(Nc1ccc(C(=O)O)cc1)c1ccccc1Cl. The second-order valence-corrected chi connectivity index (χ2v) is 7.44. The Bertz CT molecular complexity index is 764. The number of benzene rings is 2. The van der Waals surface area contributed by atoms with Crippen LogP contribution in [-0.2, 0) is 0 Å². The van der Waals surface area contributed by atoms with Crippen molar-refractivity contribution in [2.45, 2.75) is 33.2 Å². The summed E-state index contributed by atoms with van der Waals surface area (Å²) in [5.74, 6) is -0.955. The molecule has 0 fully saturated rings. The van der Waals surface area contributed by atoms with Crippen LogP contribution in [0.5, 0.6) is 0 Å². The van der Waals surface area contributed by atoms with Crippen LogP contribution in [0.2, 0.25) is 5.02 Å². The maximum atomic E-state index is 11.0. The summed E-state index contributed by atoms with van der Waals surface area (Å²) in [4.78, 5) is 11.0. The third-order valence-electron chi connectivity index (χ3n) is 4.07. The highest BCUT2D eigenvalue weighted by Gasteiger charge is 2.23. The van der Waals surface area contributed by atoms with Crippen LogP contribution >= 0.6 is 11.6 Å². The molecule has 0 aliphatic carbocycles. The Morgan fingerprint density at radius 3 is 2.28 bits per heavy atom. The van der Waals surface area contributed by atoms with Crippen LogP contribution < -0.4 is 5.32 Å². The monoisotopic (exact) mass is 358 g/mol. The first kappa shape index (κ1) is 19.0. The van der Waals surface area contributed by atoms with Gasteiger partial charge in [-0.05, 0) is 41.3 Å². The minimum atomic E-state index is -0.955. The summed E-state index contributed by atoms with van der Waals surface area (Å²) in [5, 5.41) is 21.4. The van der Waals surface area contributed by atoms with E-state index in [0.29, 0.717) is 17.2 Å². The molecule has 0 spiro atoms. The van der Waals surface area contributed by atoms with Gasteiger partial charge in [-0.25, -0.2) is 4.79 Å². The van der Waals surface area contributed by atoms with E-state index in [4.69, 9.17) is 22.1 Å². The first-order valence-corrected chi connectivity index (χ1v) is 8.48. The van der Waals surface area contributed by atoms with Gasteiger partial charge < -0.3 is 15.8 Å². The first-order valence-electron chi connectivity index (χ1n) is 8.10. The summed E-state index contributed by atoms with van der Waals surface area (Å²) in [6, 6.07) is 14.0. The molecule has 0 aromatic heterocycles. The molecule has 0 aliphatic heterocycles. The van der Waals surface area contributed by atoms with Gasteiger partial charge in [-0.3, -0.25) is 0 Å². The highest BCUT2D eigenvalue weighted by atomic mass is 35.5. The van der Waals surface area contributed by atoms with Crippen LogP contribution in [-0.4, -0.2) is 16.8 Å². The highest BCUT2D eigenvalue weighted by Crippen LogP contribution is 2.31. The molecular weight excluding hydrogens is 336 g/mol. The fourth-order valence-electron chi connectivity index (χ4n) is 2.42. The second kappa shape index (κ2) is 7.70. The number of carboxylic acids is 1. The van der Waals surface area contributed by atoms with Crippen molar-refractivity contribution in [2.24, 2.45) is 5.41 Å². The van der Waals surface area contributed by atoms with Gasteiger partial charge in [-0.15, -0.1) is 0 Å². The van der Waals surface area contributed by atoms with Gasteiger partial charge in [-0.1, -0.05) is 50.6 Å². The number of hydrogen-bond acceptors (Lipinski definition) is 3. The molecule has 0 saturated heterocycles. The molecule has 0 aliphatic rings. The van der Waals surface area contributed by atoms with Crippen LogP contribution in [0.15, 0.2) is 48.5 Å². The fourth-order valence-corrected chi connectivity index (χ4v) is 2.68. The number of carbonyl (C=O) groups is 1. The zero-order valence-corrected chi connectivity index (χ0v) is 15.4. The molecule has 2 rings (SSSR count). The summed E-state index contributed by atoms with van der Waals surface area (Å²) in [5.41, 5.74) is 2.33. The predicted octanol–water partition coefficient (Wildman–Crippen LogP) is 5.65. The zero-order valence-electron chi connectivity index (χ0n) is 14.6. The quantitative estimate of drug-likeness (QED) is 0.584. The van der Waals surface area contributed by atoms with Crippen LogP contribution in [0.25, 0.3) is 0 Å². The standard InChI is InChI=1S/C20H23ClN2O2/c1-20(2,3)18(22)12-17(15-6-4-5-7-16(15)21)23-14-10-8-13(9-11-14)19(24)25/h4-11,17,22-23H,12H2,1-3H3,(H,24,25). The Hall–Kier alpha value is -2.33. The van der Waals surface area contributed by atoms with E-state index in [-0.39, 0.29) is 17.0 Å². The number of nitrogens with one attached hydrogen (secondary N) is 2. The number of hydrogen-bond donors (Lipinski definition) is 3. The van der Waals surface area contributed by atoms with E-state index >= 15 is 0 Å². The lowest BCUT2D eigenvalue weighted by Gasteiger charge is -2.27. The van der Waals surface area contributed by atoms with Gasteiger partial charge in [0.1, 0.15) is 0 Å². The van der Waals surface area contributed by atoms with Gasteiger partial charge in [0.25, 0.3) is 0 Å². The Morgan fingerprint density at radius 1 is 1.16 bits per heavy atom. The average molecular weight is 359 g/mol. The molecule has 2 aromatic carbocycles. The maximum absolute atomic E-state index is 11.0. The molecule has 5 heteroatoms. The lowest BCUT2D eigenvalue weighted by molar-refractivity contribution is 0.0697. The van der Waals surface area contributed by atoms with Crippen LogP contribution in [0, 0.1) is 10.8 Å². The Kier molecular flexibility index (Phi) is 5.85. The second-order valence-electron chi connectivity index (χ2n) is 7.03. The minimum absolute atomic E-state index is 0.170. The van der Waals surface area contributed by atoms with Crippen molar-refractivity contribution in [1.82, 2.24) is 0 Å². The molecule has 3 N–H and O–H groups in total. The van der Waals surface area contributed by atoms with E-state index in [1.165, 1.54) is 0 Å². The van der Waals surface area contributed by atoms with E-state index in [1.807, 2.05) is 45.0 Å². The summed E-state index contributed by atoms with van der Waals surface area (Å²) in [6.07, 6.45) is 0.508. The summed E-state index contributed by atoms with van der Waals surface area (Å²) >= 11 is 6.36. The molecule has 25 heavy (non-hydrogen) atoms. The lowest BCUT2D eigenvalue weighted by Crippen LogP contribution is -2.24. The van der Waals surface area contributed by atoms with E-state index in [9.17, 15) is 4.79 Å². The van der Waals surface area contributed by atoms with Gasteiger partial charge in [0.05, 0.1) is 11.6 Å². The molecule has 1 atom stereocenters. The van der Waals surface area contributed by atoms with Crippen molar-refractivity contribution in [3.05, 3.63) is 64.7 Å². The number of halogens is 1. The van der Waals surface area contributed by atoms with Crippen molar-refractivity contribution in [1.29, 1.82) is 5.41 Å². The molecule has 2 aromatic rings. The Labute approximate surface area is 153 Å². The largest absolute Gasteiger partial charge is 0.478 e. The van der Waals surface area contributed by atoms with Crippen LogP contribution in [0.1, 0.15) is 49.2 Å². The summed E-state index contributed by atoms with van der Waals surface area (Å²) in [7, 11) is 0. The van der Waals surface area contributed by atoms with Gasteiger partial charge in [0, 0.05) is 22.8 Å².